The zero-order valence-corrected chi connectivity index (χ0v) is 11.6. The molecular formula is C16H18FNO2. The maximum atomic E-state index is 13.1. The fourth-order valence-corrected chi connectivity index (χ4v) is 3.79. The summed E-state index contributed by atoms with van der Waals surface area (Å²) in [5.41, 5.74) is 0.505. The maximum absolute atomic E-state index is 13.1. The minimum absolute atomic E-state index is 0.0784. The number of carbonyl (C=O) groups is 2. The molecule has 20 heavy (non-hydrogen) atoms. The van der Waals surface area contributed by atoms with E-state index in [0.717, 1.165) is 31.2 Å². The molecule has 2 atom stereocenters. The normalized spacial score (nSPS) is 30.3. The number of nitrogens with zero attached hydrogens (tertiary/aromatic N) is 1. The summed E-state index contributed by atoms with van der Waals surface area (Å²) in [5.74, 6) is -0.643. The van der Waals surface area contributed by atoms with Gasteiger partial charge in [0.2, 0.25) is 11.8 Å². The zero-order chi connectivity index (χ0) is 14.3. The van der Waals surface area contributed by atoms with Crippen LogP contribution in [0.4, 0.5) is 4.39 Å². The monoisotopic (exact) mass is 275 g/mol. The number of piperidine rings is 1. The first-order chi connectivity index (χ1) is 9.54. The predicted octanol–water partition coefficient (Wildman–Crippen LogP) is 2.64. The lowest BCUT2D eigenvalue weighted by atomic mass is 9.58. The van der Waals surface area contributed by atoms with Gasteiger partial charge in [-0.3, -0.25) is 14.5 Å². The molecule has 1 aliphatic carbocycles. The molecule has 1 aliphatic heterocycles. The Balaban J connectivity index is 2.08. The molecule has 0 spiro atoms. The topological polar surface area (TPSA) is 37.4 Å². The smallest absolute Gasteiger partial charge is 0.232 e. The summed E-state index contributed by atoms with van der Waals surface area (Å²) in [4.78, 5) is 25.8. The lowest BCUT2D eigenvalue weighted by molar-refractivity contribution is -0.155. The van der Waals surface area contributed by atoms with Crippen LogP contribution in [0.15, 0.2) is 24.3 Å². The lowest BCUT2D eigenvalue weighted by Gasteiger charge is -2.48. The Labute approximate surface area is 117 Å². The van der Waals surface area contributed by atoms with Gasteiger partial charge < -0.3 is 0 Å². The van der Waals surface area contributed by atoms with Crippen molar-refractivity contribution in [1.82, 2.24) is 4.90 Å². The Morgan fingerprint density at radius 1 is 1.20 bits per heavy atom. The van der Waals surface area contributed by atoms with E-state index >= 15 is 0 Å². The third kappa shape index (κ3) is 1.86. The Morgan fingerprint density at radius 2 is 1.90 bits per heavy atom. The molecule has 0 radical (unpaired) electrons. The van der Waals surface area contributed by atoms with Crippen molar-refractivity contribution in [3.8, 4) is 0 Å². The van der Waals surface area contributed by atoms with Crippen molar-refractivity contribution in [2.75, 3.05) is 7.05 Å². The van der Waals surface area contributed by atoms with E-state index in [-0.39, 0.29) is 23.5 Å². The van der Waals surface area contributed by atoms with Gasteiger partial charge in [-0.1, -0.05) is 25.0 Å². The first-order valence-corrected chi connectivity index (χ1v) is 7.11. The summed E-state index contributed by atoms with van der Waals surface area (Å²) >= 11 is 0. The van der Waals surface area contributed by atoms with E-state index < -0.39 is 5.41 Å². The first kappa shape index (κ1) is 13.3. The van der Waals surface area contributed by atoms with Crippen molar-refractivity contribution in [2.45, 2.75) is 37.5 Å². The predicted molar refractivity (Wildman–Crippen MR) is 72.4 cm³/mol. The molecule has 2 aliphatic rings. The highest BCUT2D eigenvalue weighted by Crippen LogP contribution is 2.49. The average Bonchev–Trinajstić information content (AvgIpc) is 2.45. The van der Waals surface area contributed by atoms with Gasteiger partial charge in [-0.05, 0) is 30.5 Å². The van der Waals surface area contributed by atoms with Crippen molar-refractivity contribution < 1.29 is 14.0 Å². The third-order valence-corrected chi connectivity index (χ3v) is 4.92. The van der Waals surface area contributed by atoms with Gasteiger partial charge in [0.1, 0.15) is 5.82 Å². The van der Waals surface area contributed by atoms with E-state index in [0.29, 0.717) is 6.42 Å². The van der Waals surface area contributed by atoms with Crippen molar-refractivity contribution in [1.29, 1.82) is 0 Å². The molecule has 1 saturated carbocycles. The standard InChI is InChI=1S/C16H18FNO2/c1-18-14(19)10-16(11-5-7-12(17)8-6-11)9-3-2-4-13(16)15(18)20/h5-8,13H,2-4,9-10H2,1H3/t13-,16+/m0/s1. The van der Waals surface area contributed by atoms with Gasteiger partial charge in [0.25, 0.3) is 0 Å². The number of hydrogen-bond donors (Lipinski definition) is 0. The van der Waals surface area contributed by atoms with Crippen molar-refractivity contribution in [3.05, 3.63) is 35.6 Å². The highest BCUT2D eigenvalue weighted by Gasteiger charge is 2.52. The molecule has 1 saturated heterocycles. The maximum Gasteiger partial charge on any atom is 0.232 e. The van der Waals surface area contributed by atoms with Gasteiger partial charge in [-0.25, -0.2) is 4.39 Å². The number of halogens is 1. The van der Waals surface area contributed by atoms with Gasteiger partial charge in [-0.2, -0.15) is 0 Å². The summed E-state index contributed by atoms with van der Waals surface area (Å²) in [6.45, 7) is 0. The van der Waals surface area contributed by atoms with Crippen molar-refractivity contribution >= 4 is 11.8 Å². The fourth-order valence-electron chi connectivity index (χ4n) is 3.79. The molecule has 1 heterocycles. The number of benzene rings is 1. The van der Waals surface area contributed by atoms with Crippen LogP contribution in [0.5, 0.6) is 0 Å². The molecule has 1 aromatic carbocycles. The summed E-state index contributed by atoms with van der Waals surface area (Å²) < 4.78 is 13.1. The number of rotatable bonds is 1. The number of imide groups is 1. The molecule has 1 aromatic rings. The van der Waals surface area contributed by atoms with Gasteiger partial charge in [0.05, 0.1) is 0 Å². The van der Waals surface area contributed by atoms with Gasteiger partial charge in [-0.15, -0.1) is 0 Å². The van der Waals surface area contributed by atoms with Crippen LogP contribution in [0, 0.1) is 11.7 Å². The molecule has 2 fully saturated rings. The number of carbonyl (C=O) groups excluding carboxylic acids is 2. The molecule has 106 valence electrons. The highest BCUT2D eigenvalue weighted by atomic mass is 19.1. The van der Waals surface area contributed by atoms with Crippen molar-refractivity contribution in [3.63, 3.8) is 0 Å². The average molecular weight is 275 g/mol. The van der Waals surface area contributed by atoms with Crippen LogP contribution in [0.2, 0.25) is 0 Å². The van der Waals surface area contributed by atoms with Crippen LogP contribution < -0.4 is 0 Å². The van der Waals surface area contributed by atoms with E-state index in [1.165, 1.54) is 17.0 Å². The van der Waals surface area contributed by atoms with Crippen LogP contribution in [0.1, 0.15) is 37.7 Å². The van der Waals surface area contributed by atoms with E-state index in [1.54, 1.807) is 19.2 Å². The van der Waals surface area contributed by atoms with Gasteiger partial charge >= 0.3 is 0 Å². The SMILES string of the molecule is CN1C(=O)C[C@@]2(c3ccc(F)cc3)CCCC[C@H]2C1=O. The second-order valence-electron chi connectivity index (χ2n) is 5.93. The van der Waals surface area contributed by atoms with Crippen LogP contribution in [0.3, 0.4) is 0 Å². The summed E-state index contributed by atoms with van der Waals surface area (Å²) in [6, 6.07) is 6.31. The highest BCUT2D eigenvalue weighted by molar-refractivity contribution is 6.00. The minimum Gasteiger partial charge on any atom is -0.285 e. The second kappa shape index (κ2) is 4.69. The number of amides is 2. The summed E-state index contributed by atoms with van der Waals surface area (Å²) in [5, 5.41) is 0. The van der Waals surface area contributed by atoms with E-state index in [1.807, 2.05) is 0 Å². The fraction of sp³-hybridized carbons (Fsp3) is 0.500. The van der Waals surface area contributed by atoms with Crippen LogP contribution in [-0.4, -0.2) is 23.8 Å². The first-order valence-electron chi connectivity index (χ1n) is 7.11. The molecule has 0 bridgehead atoms. The second-order valence-corrected chi connectivity index (χ2v) is 5.93. The van der Waals surface area contributed by atoms with E-state index in [2.05, 4.69) is 0 Å². The van der Waals surface area contributed by atoms with Crippen LogP contribution in [-0.2, 0) is 15.0 Å². The number of likely N-dealkylation sites (tertiary alicyclic amines) is 1. The van der Waals surface area contributed by atoms with Crippen molar-refractivity contribution in [2.24, 2.45) is 5.92 Å². The van der Waals surface area contributed by atoms with Gasteiger partial charge in [0.15, 0.2) is 0 Å². The molecule has 0 aromatic heterocycles. The van der Waals surface area contributed by atoms with E-state index in [4.69, 9.17) is 0 Å². The molecule has 3 nitrogen and oxygen atoms in total. The molecule has 3 rings (SSSR count). The summed E-state index contributed by atoms with van der Waals surface area (Å²) in [7, 11) is 1.56. The third-order valence-electron chi connectivity index (χ3n) is 4.92. The molecule has 4 heteroatoms. The van der Waals surface area contributed by atoms with Crippen LogP contribution in [0.25, 0.3) is 0 Å². The van der Waals surface area contributed by atoms with Gasteiger partial charge in [0, 0.05) is 24.8 Å². The lowest BCUT2D eigenvalue weighted by Crippen LogP contribution is -2.56. The molecule has 2 amide bonds. The Bertz CT molecular complexity index is 554. The van der Waals surface area contributed by atoms with E-state index in [9.17, 15) is 14.0 Å². The quantitative estimate of drug-likeness (QED) is 0.739. The molecular weight excluding hydrogens is 257 g/mol. The Hall–Kier alpha value is -1.71. The summed E-state index contributed by atoms with van der Waals surface area (Å²) in [6.07, 6.45) is 4.02. The Kier molecular flexibility index (Phi) is 3.11. The van der Waals surface area contributed by atoms with Crippen LogP contribution >= 0.6 is 0 Å². The minimum atomic E-state index is -0.424. The largest absolute Gasteiger partial charge is 0.285 e. The number of hydrogen-bond acceptors (Lipinski definition) is 2. The molecule has 0 unspecified atom stereocenters. The number of fused-ring (bicyclic) bond motifs is 1. The zero-order valence-electron chi connectivity index (χ0n) is 11.6. The Morgan fingerprint density at radius 3 is 2.60 bits per heavy atom. The molecule has 0 N–H and O–H groups in total.